The fourth-order valence-corrected chi connectivity index (χ4v) is 2.97. The van der Waals surface area contributed by atoms with Gasteiger partial charge in [0, 0.05) is 5.56 Å². The van der Waals surface area contributed by atoms with Crippen LogP contribution in [-0.2, 0) is 6.61 Å². The number of nitrogens with zero attached hydrogens (tertiary/aromatic N) is 3. The molecule has 0 unspecified atom stereocenters. The van der Waals surface area contributed by atoms with Gasteiger partial charge < -0.3 is 10.5 Å². The molecule has 6 heteroatoms. The van der Waals surface area contributed by atoms with Gasteiger partial charge in [-0.05, 0) is 29.3 Å². The number of para-hydroxylation sites is 1. The predicted octanol–water partition coefficient (Wildman–Crippen LogP) is 3.61. The maximum atomic E-state index is 11.6. The Morgan fingerprint density at radius 1 is 0.964 bits per heavy atom. The molecule has 28 heavy (non-hydrogen) atoms. The zero-order chi connectivity index (χ0) is 19.3. The average Bonchev–Trinajstić information content (AvgIpc) is 3.24. The number of benzene rings is 3. The fourth-order valence-electron chi connectivity index (χ4n) is 2.97. The van der Waals surface area contributed by atoms with E-state index in [-0.39, 0.29) is 5.82 Å². The van der Waals surface area contributed by atoms with Gasteiger partial charge in [0.25, 0.3) is 5.91 Å². The van der Waals surface area contributed by atoms with Crippen LogP contribution >= 0.6 is 0 Å². The second kappa shape index (κ2) is 7.75. The third-order valence-electron chi connectivity index (χ3n) is 4.29. The fraction of sp³-hybridized carbons (Fsp3) is 0.0455. The number of nitrogens with two attached hydrogens (primary N) is 1. The summed E-state index contributed by atoms with van der Waals surface area (Å²) in [7, 11) is 0. The Balaban J connectivity index is 1.66. The molecule has 4 rings (SSSR count). The molecule has 2 N–H and O–H groups in total. The molecule has 0 spiro atoms. The lowest BCUT2D eigenvalue weighted by molar-refractivity contribution is 0.0988. The van der Waals surface area contributed by atoms with Gasteiger partial charge in [-0.1, -0.05) is 60.7 Å². The van der Waals surface area contributed by atoms with E-state index < -0.39 is 5.91 Å². The van der Waals surface area contributed by atoms with Gasteiger partial charge in [0.2, 0.25) is 5.82 Å². The summed E-state index contributed by atoms with van der Waals surface area (Å²) in [5, 5.41) is 4.11. The number of amides is 1. The Hall–Kier alpha value is -3.93. The summed E-state index contributed by atoms with van der Waals surface area (Å²) in [6.45, 7) is 0.479. The van der Waals surface area contributed by atoms with Crippen molar-refractivity contribution in [2.24, 2.45) is 5.73 Å². The van der Waals surface area contributed by atoms with Crippen LogP contribution in [0, 0.1) is 0 Å². The molecule has 4 aromatic rings. The number of rotatable bonds is 6. The molecule has 1 heterocycles. The lowest BCUT2D eigenvalue weighted by Gasteiger charge is -2.13. The monoisotopic (exact) mass is 370 g/mol. The van der Waals surface area contributed by atoms with Gasteiger partial charge in [-0.25, -0.2) is 9.67 Å². The van der Waals surface area contributed by atoms with E-state index in [2.05, 4.69) is 10.1 Å². The van der Waals surface area contributed by atoms with Crippen molar-refractivity contribution in [3.8, 4) is 22.6 Å². The van der Waals surface area contributed by atoms with E-state index in [1.807, 2.05) is 78.9 Å². The zero-order valence-electron chi connectivity index (χ0n) is 15.0. The van der Waals surface area contributed by atoms with Gasteiger partial charge >= 0.3 is 0 Å². The first-order valence-corrected chi connectivity index (χ1v) is 8.79. The van der Waals surface area contributed by atoms with Crippen molar-refractivity contribution in [1.82, 2.24) is 14.8 Å². The zero-order valence-corrected chi connectivity index (χ0v) is 15.0. The summed E-state index contributed by atoms with van der Waals surface area (Å²) in [4.78, 5) is 15.5. The standard InChI is InChI=1S/C22H18N4O2/c23-21(27)22-24-15-25-26(22)18-10-6-9-17(13-18)19-11-4-5-12-20(19)28-14-16-7-2-1-3-8-16/h1-13,15H,14H2,(H2,23,27). The van der Waals surface area contributed by atoms with E-state index in [9.17, 15) is 4.79 Å². The number of carbonyl (C=O) groups is 1. The van der Waals surface area contributed by atoms with Crippen molar-refractivity contribution in [2.75, 3.05) is 0 Å². The minimum absolute atomic E-state index is 0.0887. The van der Waals surface area contributed by atoms with Crippen LogP contribution in [0.5, 0.6) is 5.75 Å². The number of carbonyl (C=O) groups excluding carboxylic acids is 1. The van der Waals surface area contributed by atoms with Crippen LogP contribution in [0.2, 0.25) is 0 Å². The number of primary amides is 1. The molecule has 0 saturated heterocycles. The highest BCUT2D eigenvalue weighted by molar-refractivity contribution is 5.89. The first kappa shape index (κ1) is 17.5. The molecule has 0 atom stereocenters. The molecular formula is C22H18N4O2. The average molecular weight is 370 g/mol. The minimum atomic E-state index is -0.630. The molecule has 0 fully saturated rings. The second-order valence-corrected chi connectivity index (χ2v) is 6.18. The molecule has 1 aromatic heterocycles. The SMILES string of the molecule is NC(=O)c1ncnn1-c1cccc(-c2ccccc2OCc2ccccc2)c1. The number of aromatic nitrogens is 3. The molecule has 0 aliphatic carbocycles. The molecule has 0 aliphatic heterocycles. The van der Waals surface area contributed by atoms with E-state index in [1.165, 1.54) is 11.0 Å². The van der Waals surface area contributed by atoms with E-state index in [4.69, 9.17) is 10.5 Å². The van der Waals surface area contributed by atoms with Crippen molar-refractivity contribution in [3.05, 3.63) is 96.6 Å². The topological polar surface area (TPSA) is 83.0 Å². The lowest BCUT2D eigenvalue weighted by Crippen LogP contribution is -2.18. The maximum absolute atomic E-state index is 11.6. The lowest BCUT2D eigenvalue weighted by atomic mass is 10.0. The predicted molar refractivity (Wildman–Crippen MR) is 106 cm³/mol. The van der Waals surface area contributed by atoms with Gasteiger partial charge in [-0.2, -0.15) is 5.10 Å². The smallest absolute Gasteiger partial charge is 0.286 e. The molecule has 1 amide bonds. The molecule has 0 saturated carbocycles. The second-order valence-electron chi connectivity index (χ2n) is 6.18. The van der Waals surface area contributed by atoms with Crippen molar-refractivity contribution in [3.63, 3.8) is 0 Å². The summed E-state index contributed by atoms with van der Waals surface area (Å²) in [6, 6.07) is 25.5. The summed E-state index contributed by atoms with van der Waals surface area (Å²) in [6.07, 6.45) is 1.31. The van der Waals surface area contributed by atoms with Gasteiger partial charge in [-0.15, -0.1) is 0 Å². The third kappa shape index (κ3) is 3.61. The highest BCUT2D eigenvalue weighted by atomic mass is 16.5. The van der Waals surface area contributed by atoms with Crippen molar-refractivity contribution in [2.45, 2.75) is 6.61 Å². The molecule has 6 nitrogen and oxygen atoms in total. The molecule has 0 radical (unpaired) electrons. The van der Waals surface area contributed by atoms with E-state index in [0.717, 1.165) is 22.4 Å². The molecule has 0 bridgehead atoms. The van der Waals surface area contributed by atoms with Crippen molar-refractivity contribution < 1.29 is 9.53 Å². The highest BCUT2D eigenvalue weighted by Crippen LogP contribution is 2.31. The Kier molecular flexibility index (Phi) is 4.84. The largest absolute Gasteiger partial charge is 0.488 e. The van der Waals surface area contributed by atoms with Crippen LogP contribution in [0.3, 0.4) is 0 Å². The molecule has 0 aliphatic rings. The minimum Gasteiger partial charge on any atom is -0.488 e. The summed E-state index contributed by atoms with van der Waals surface area (Å²) in [5.74, 6) is 0.234. The quantitative estimate of drug-likeness (QED) is 0.562. The summed E-state index contributed by atoms with van der Waals surface area (Å²) >= 11 is 0. The van der Waals surface area contributed by atoms with Gasteiger partial charge in [0.15, 0.2) is 0 Å². The first-order chi connectivity index (χ1) is 13.7. The first-order valence-electron chi connectivity index (χ1n) is 8.79. The maximum Gasteiger partial charge on any atom is 0.286 e. The highest BCUT2D eigenvalue weighted by Gasteiger charge is 2.13. The summed E-state index contributed by atoms with van der Waals surface area (Å²) < 4.78 is 7.49. The Bertz CT molecular complexity index is 1110. The van der Waals surface area contributed by atoms with Crippen molar-refractivity contribution >= 4 is 5.91 Å². The van der Waals surface area contributed by atoms with Gasteiger partial charge in [0.05, 0.1) is 5.69 Å². The van der Waals surface area contributed by atoms with Crippen LogP contribution in [0.25, 0.3) is 16.8 Å². The number of ether oxygens (including phenoxy) is 1. The normalized spacial score (nSPS) is 10.6. The summed E-state index contributed by atoms with van der Waals surface area (Å²) in [5.41, 5.74) is 9.06. The number of hydrogen-bond donors (Lipinski definition) is 1. The third-order valence-corrected chi connectivity index (χ3v) is 4.29. The molecular weight excluding hydrogens is 352 g/mol. The van der Waals surface area contributed by atoms with E-state index in [1.54, 1.807) is 0 Å². The van der Waals surface area contributed by atoms with Gasteiger partial charge in [-0.3, -0.25) is 4.79 Å². The Labute approximate surface area is 162 Å². The molecule has 3 aromatic carbocycles. The van der Waals surface area contributed by atoms with Gasteiger partial charge in [0.1, 0.15) is 18.7 Å². The van der Waals surface area contributed by atoms with Crippen LogP contribution < -0.4 is 10.5 Å². The van der Waals surface area contributed by atoms with Crippen LogP contribution in [0.1, 0.15) is 16.2 Å². The van der Waals surface area contributed by atoms with Crippen molar-refractivity contribution in [1.29, 1.82) is 0 Å². The van der Waals surface area contributed by atoms with Crippen LogP contribution in [-0.4, -0.2) is 20.7 Å². The Morgan fingerprint density at radius 3 is 2.57 bits per heavy atom. The van der Waals surface area contributed by atoms with Crippen LogP contribution in [0.15, 0.2) is 85.2 Å². The van der Waals surface area contributed by atoms with E-state index >= 15 is 0 Å². The van der Waals surface area contributed by atoms with Crippen LogP contribution in [0.4, 0.5) is 0 Å². The Morgan fingerprint density at radius 2 is 1.75 bits per heavy atom. The number of hydrogen-bond acceptors (Lipinski definition) is 4. The molecule has 138 valence electrons. The van der Waals surface area contributed by atoms with E-state index in [0.29, 0.717) is 12.3 Å².